The van der Waals surface area contributed by atoms with Gasteiger partial charge in [0.1, 0.15) is 0 Å². The smallest absolute Gasteiger partial charge is 0.00495 e. The van der Waals surface area contributed by atoms with E-state index in [0.29, 0.717) is 0 Å². The number of hydrogen-bond donors (Lipinski definition) is 0. The molecule has 32 heavy (non-hydrogen) atoms. The van der Waals surface area contributed by atoms with Crippen molar-refractivity contribution in [3.63, 3.8) is 0 Å². The first kappa shape index (κ1) is 29.9. The van der Waals surface area contributed by atoms with Crippen molar-refractivity contribution in [1.82, 2.24) is 0 Å². The van der Waals surface area contributed by atoms with E-state index in [0.717, 1.165) is 12.8 Å². The van der Waals surface area contributed by atoms with Crippen molar-refractivity contribution in [3.05, 3.63) is 81.9 Å². The molecule has 2 aromatic rings. The lowest BCUT2D eigenvalue weighted by Gasteiger charge is -2.44. The van der Waals surface area contributed by atoms with Crippen LogP contribution in [-0.2, 0) is 12.8 Å². The number of allylic oxidation sites excluding steroid dienone is 2. The molecule has 4 rings (SSSR count). The highest BCUT2D eigenvalue weighted by Gasteiger charge is 2.44. The maximum atomic E-state index is 2.43. The normalized spacial score (nSPS) is 13.1. The molecule has 0 fully saturated rings. The zero-order chi connectivity index (χ0) is 24.9. The Balaban J connectivity index is 0.00000109. The van der Waals surface area contributed by atoms with Gasteiger partial charge in [0.2, 0.25) is 0 Å². The van der Waals surface area contributed by atoms with Gasteiger partial charge in [0, 0.05) is 0 Å². The van der Waals surface area contributed by atoms with Gasteiger partial charge in [0.15, 0.2) is 0 Å². The molecule has 0 aromatic heterocycles. The average molecular weight is 435 g/mol. The minimum atomic E-state index is 0.125. The van der Waals surface area contributed by atoms with Gasteiger partial charge >= 0.3 is 0 Å². The summed E-state index contributed by atoms with van der Waals surface area (Å²) in [6, 6.07) is 17.6. The maximum absolute atomic E-state index is 2.43. The van der Waals surface area contributed by atoms with Crippen molar-refractivity contribution in [3.8, 4) is 0 Å². The predicted octanol–water partition coefficient (Wildman–Crippen LogP) is 10.4. The molecule has 0 nitrogen and oxygen atoms in total. The van der Waals surface area contributed by atoms with Crippen molar-refractivity contribution < 1.29 is 0 Å². The summed E-state index contributed by atoms with van der Waals surface area (Å²) in [6.07, 6.45) is 7.04. The first-order valence-corrected chi connectivity index (χ1v) is 13.0. The molecule has 0 heteroatoms. The lowest BCUT2D eigenvalue weighted by molar-refractivity contribution is 0.196. The highest BCUT2D eigenvalue weighted by molar-refractivity contribution is 5.68. The Morgan fingerprint density at radius 3 is 1.03 bits per heavy atom. The van der Waals surface area contributed by atoms with E-state index in [2.05, 4.69) is 88.4 Å². The molecule has 178 valence electrons. The molecule has 0 aliphatic heterocycles. The third-order valence-electron chi connectivity index (χ3n) is 6.70. The topological polar surface area (TPSA) is 0 Å². The van der Waals surface area contributed by atoms with Crippen LogP contribution < -0.4 is 0 Å². The van der Waals surface area contributed by atoms with E-state index in [4.69, 9.17) is 0 Å². The second-order valence-corrected chi connectivity index (χ2v) is 8.34. The summed E-state index contributed by atoms with van der Waals surface area (Å²) in [5.74, 6) is 0. The molecule has 0 atom stereocenters. The third-order valence-corrected chi connectivity index (χ3v) is 6.70. The first-order chi connectivity index (χ1) is 15.4. The minimum Gasteiger partial charge on any atom is -0.0683 e. The van der Waals surface area contributed by atoms with Crippen LogP contribution >= 0.6 is 0 Å². The fraction of sp³-hybridized carbons (Fsp3) is 0.500. The van der Waals surface area contributed by atoms with Crippen LogP contribution in [0.4, 0.5) is 0 Å². The fourth-order valence-corrected chi connectivity index (χ4v) is 4.17. The zero-order valence-corrected chi connectivity index (χ0v) is 23.2. The standard InChI is InChI=1S/C24H26.4C2H6/c1-23(2,21-13-17-9-5-6-10-18(17)14-21)24(3,4)22-15-19-11-7-8-12-20(19)16-22;4*1-2/h5-13,15H,14,16H2,1-4H3;4*1-2H3. The first-order valence-electron chi connectivity index (χ1n) is 13.0. The van der Waals surface area contributed by atoms with Gasteiger partial charge in [-0.15, -0.1) is 0 Å². The lowest BCUT2D eigenvalue weighted by Crippen LogP contribution is -2.36. The summed E-state index contributed by atoms with van der Waals surface area (Å²) in [7, 11) is 0. The van der Waals surface area contributed by atoms with E-state index in [1.54, 1.807) is 11.1 Å². The van der Waals surface area contributed by atoms with Crippen molar-refractivity contribution in [2.24, 2.45) is 10.8 Å². The van der Waals surface area contributed by atoms with Crippen molar-refractivity contribution in [2.45, 2.75) is 95.9 Å². The molecule has 0 saturated carbocycles. The van der Waals surface area contributed by atoms with E-state index in [1.807, 2.05) is 55.4 Å². The molecule has 0 unspecified atom stereocenters. The summed E-state index contributed by atoms with van der Waals surface area (Å²) in [5.41, 5.74) is 9.12. The van der Waals surface area contributed by atoms with Gasteiger partial charge in [-0.3, -0.25) is 0 Å². The van der Waals surface area contributed by atoms with E-state index < -0.39 is 0 Å². The van der Waals surface area contributed by atoms with E-state index in [-0.39, 0.29) is 10.8 Å². The van der Waals surface area contributed by atoms with Crippen LogP contribution in [0.5, 0.6) is 0 Å². The van der Waals surface area contributed by atoms with E-state index in [9.17, 15) is 0 Å². The van der Waals surface area contributed by atoms with Gasteiger partial charge < -0.3 is 0 Å². The molecular formula is C32H50. The number of rotatable bonds is 3. The monoisotopic (exact) mass is 434 g/mol. The number of benzene rings is 2. The van der Waals surface area contributed by atoms with Gasteiger partial charge in [-0.2, -0.15) is 0 Å². The second-order valence-electron chi connectivity index (χ2n) is 8.34. The van der Waals surface area contributed by atoms with E-state index in [1.165, 1.54) is 22.3 Å². The average Bonchev–Trinajstić information content (AvgIpc) is 3.49. The highest BCUT2D eigenvalue weighted by atomic mass is 14.5. The Hall–Kier alpha value is -2.08. The molecule has 0 radical (unpaired) electrons. The summed E-state index contributed by atoms with van der Waals surface area (Å²) in [5, 5.41) is 0. The summed E-state index contributed by atoms with van der Waals surface area (Å²) >= 11 is 0. The fourth-order valence-electron chi connectivity index (χ4n) is 4.17. The lowest BCUT2D eigenvalue weighted by atomic mass is 9.59. The Bertz CT molecular complexity index is 786. The SMILES string of the molecule is CC.CC.CC.CC.CC(C)(C1=Cc2ccccc2C1)C(C)(C)C1=Cc2ccccc2C1. The molecule has 0 N–H and O–H groups in total. The Kier molecular flexibility index (Phi) is 13.2. The van der Waals surface area contributed by atoms with Crippen LogP contribution in [0, 0.1) is 10.8 Å². The zero-order valence-electron chi connectivity index (χ0n) is 23.2. The quantitative estimate of drug-likeness (QED) is 0.450. The Labute approximate surface area is 200 Å². The van der Waals surface area contributed by atoms with Crippen LogP contribution in [0.2, 0.25) is 0 Å². The van der Waals surface area contributed by atoms with Crippen molar-refractivity contribution >= 4 is 12.2 Å². The number of hydrogen-bond acceptors (Lipinski definition) is 0. The van der Waals surface area contributed by atoms with Crippen LogP contribution in [0.15, 0.2) is 59.7 Å². The Morgan fingerprint density at radius 2 is 0.750 bits per heavy atom. The van der Waals surface area contributed by atoms with Crippen LogP contribution in [0.3, 0.4) is 0 Å². The molecule has 0 saturated heterocycles. The Morgan fingerprint density at radius 1 is 0.469 bits per heavy atom. The minimum absolute atomic E-state index is 0.125. The van der Waals surface area contributed by atoms with Gasteiger partial charge in [-0.1, -0.05) is 155 Å². The second kappa shape index (κ2) is 14.1. The van der Waals surface area contributed by atoms with Gasteiger partial charge in [-0.25, -0.2) is 0 Å². The molecule has 0 bridgehead atoms. The van der Waals surface area contributed by atoms with Crippen LogP contribution in [0.1, 0.15) is 105 Å². The van der Waals surface area contributed by atoms with Crippen LogP contribution in [-0.4, -0.2) is 0 Å². The molecular weight excluding hydrogens is 384 g/mol. The molecule has 0 spiro atoms. The molecule has 2 aliphatic rings. The van der Waals surface area contributed by atoms with Gasteiger partial charge in [-0.05, 0) is 45.9 Å². The van der Waals surface area contributed by atoms with Crippen molar-refractivity contribution in [2.75, 3.05) is 0 Å². The van der Waals surface area contributed by atoms with Gasteiger partial charge in [0.25, 0.3) is 0 Å². The third kappa shape index (κ3) is 6.25. The maximum Gasteiger partial charge on any atom is -0.00495 e. The predicted molar refractivity (Wildman–Crippen MR) is 149 cm³/mol. The van der Waals surface area contributed by atoms with Crippen LogP contribution in [0.25, 0.3) is 12.2 Å². The van der Waals surface area contributed by atoms with Gasteiger partial charge in [0.05, 0.1) is 0 Å². The molecule has 2 aliphatic carbocycles. The summed E-state index contributed by atoms with van der Waals surface area (Å²) < 4.78 is 0. The number of fused-ring (bicyclic) bond motifs is 2. The highest BCUT2D eigenvalue weighted by Crippen LogP contribution is 2.54. The summed E-state index contributed by atoms with van der Waals surface area (Å²) in [4.78, 5) is 0. The van der Waals surface area contributed by atoms with Crippen molar-refractivity contribution in [1.29, 1.82) is 0 Å². The molecule has 0 amide bonds. The molecule has 2 aromatic carbocycles. The largest absolute Gasteiger partial charge is 0.0683 e. The van der Waals surface area contributed by atoms with E-state index >= 15 is 0 Å². The summed E-state index contributed by atoms with van der Waals surface area (Å²) in [6.45, 7) is 25.7. The molecule has 0 heterocycles.